The Bertz CT molecular complexity index is 283. The van der Waals surface area contributed by atoms with Crippen molar-refractivity contribution in [3.63, 3.8) is 0 Å². The van der Waals surface area contributed by atoms with Crippen LogP contribution < -0.4 is 0 Å². The van der Waals surface area contributed by atoms with E-state index < -0.39 is 0 Å². The summed E-state index contributed by atoms with van der Waals surface area (Å²) < 4.78 is 1.14. The van der Waals surface area contributed by atoms with Gasteiger partial charge < -0.3 is 0 Å². The van der Waals surface area contributed by atoms with Crippen molar-refractivity contribution in [1.82, 2.24) is 4.98 Å². The van der Waals surface area contributed by atoms with E-state index >= 15 is 0 Å². The van der Waals surface area contributed by atoms with Crippen molar-refractivity contribution < 1.29 is 0 Å². The SMILES string of the molecule is C=CCSc1nc(C(C)(C)C)cs1. The molecule has 13 heavy (non-hydrogen) atoms. The van der Waals surface area contributed by atoms with Crippen molar-refractivity contribution in [2.45, 2.75) is 30.5 Å². The molecule has 0 bridgehead atoms. The van der Waals surface area contributed by atoms with Crippen LogP contribution in [0.1, 0.15) is 26.5 Å². The third kappa shape index (κ3) is 3.16. The van der Waals surface area contributed by atoms with Gasteiger partial charge in [-0.2, -0.15) is 0 Å². The molecule has 0 unspecified atom stereocenters. The molecule has 0 amide bonds. The summed E-state index contributed by atoms with van der Waals surface area (Å²) in [4.78, 5) is 4.55. The maximum absolute atomic E-state index is 4.55. The molecule has 0 aliphatic heterocycles. The summed E-state index contributed by atoms with van der Waals surface area (Å²) in [6.07, 6.45) is 1.91. The third-order valence-electron chi connectivity index (χ3n) is 1.58. The second-order valence-corrected chi connectivity index (χ2v) is 5.97. The zero-order valence-electron chi connectivity index (χ0n) is 8.33. The second kappa shape index (κ2) is 4.29. The van der Waals surface area contributed by atoms with Crippen LogP contribution in [0, 0.1) is 0 Å². The fraction of sp³-hybridized carbons (Fsp3) is 0.500. The summed E-state index contributed by atoms with van der Waals surface area (Å²) in [6, 6.07) is 0. The Kier molecular flexibility index (Phi) is 3.56. The molecule has 0 aliphatic carbocycles. The van der Waals surface area contributed by atoms with Gasteiger partial charge >= 0.3 is 0 Å². The van der Waals surface area contributed by atoms with Crippen LogP contribution in [0.25, 0.3) is 0 Å². The van der Waals surface area contributed by atoms with E-state index in [2.05, 4.69) is 37.7 Å². The first-order chi connectivity index (χ1) is 6.04. The quantitative estimate of drug-likeness (QED) is 0.560. The highest BCUT2D eigenvalue weighted by Crippen LogP contribution is 2.28. The van der Waals surface area contributed by atoms with Gasteiger partial charge in [-0.15, -0.1) is 17.9 Å². The van der Waals surface area contributed by atoms with Gasteiger partial charge in [0.15, 0.2) is 0 Å². The molecule has 3 heteroatoms. The maximum atomic E-state index is 4.55. The first kappa shape index (κ1) is 10.8. The highest BCUT2D eigenvalue weighted by atomic mass is 32.2. The van der Waals surface area contributed by atoms with Crippen molar-refractivity contribution in [2.24, 2.45) is 0 Å². The Labute approximate surface area is 88.3 Å². The van der Waals surface area contributed by atoms with Gasteiger partial charge in [0, 0.05) is 16.5 Å². The molecule has 0 radical (unpaired) electrons. The van der Waals surface area contributed by atoms with Crippen molar-refractivity contribution in [3.8, 4) is 0 Å². The number of thioether (sulfide) groups is 1. The van der Waals surface area contributed by atoms with Crippen LogP contribution in [-0.4, -0.2) is 10.7 Å². The number of thiazole rings is 1. The van der Waals surface area contributed by atoms with Crippen LogP contribution in [0.15, 0.2) is 22.4 Å². The molecule has 0 saturated heterocycles. The summed E-state index contributed by atoms with van der Waals surface area (Å²) in [6.45, 7) is 10.2. The van der Waals surface area contributed by atoms with E-state index in [0.29, 0.717) is 0 Å². The molecule has 1 aromatic rings. The van der Waals surface area contributed by atoms with Gasteiger partial charge in [-0.05, 0) is 0 Å². The molecule has 0 spiro atoms. The largest absolute Gasteiger partial charge is 0.234 e. The molecule has 1 rings (SSSR count). The van der Waals surface area contributed by atoms with Crippen molar-refractivity contribution in [1.29, 1.82) is 0 Å². The van der Waals surface area contributed by atoms with Crippen molar-refractivity contribution in [2.75, 3.05) is 5.75 Å². The fourth-order valence-electron chi connectivity index (χ4n) is 0.798. The van der Waals surface area contributed by atoms with E-state index in [1.54, 1.807) is 23.1 Å². The van der Waals surface area contributed by atoms with E-state index in [9.17, 15) is 0 Å². The van der Waals surface area contributed by atoms with E-state index in [1.165, 1.54) is 5.69 Å². The number of rotatable bonds is 3. The number of nitrogens with zero attached hydrogens (tertiary/aromatic N) is 1. The Morgan fingerprint density at radius 3 is 2.77 bits per heavy atom. The molecule has 72 valence electrons. The fourth-order valence-corrected chi connectivity index (χ4v) is 2.61. The molecule has 0 N–H and O–H groups in total. The molecule has 0 aromatic carbocycles. The maximum Gasteiger partial charge on any atom is 0.150 e. The van der Waals surface area contributed by atoms with Gasteiger partial charge in [0.1, 0.15) is 4.34 Å². The van der Waals surface area contributed by atoms with Crippen LogP contribution in [0.3, 0.4) is 0 Å². The third-order valence-corrected chi connectivity index (χ3v) is 3.59. The summed E-state index contributed by atoms with van der Waals surface area (Å²) >= 11 is 3.47. The minimum atomic E-state index is 0.170. The molecule has 1 heterocycles. The minimum absolute atomic E-state index is 0.170. The van der Waals surface area contributed by atoms with Gasteiger partial charge in [0.25, 0.3) is 0 Å². The number of aromatic nitrogens is 1. The van der Waals surface area contributed by atoms with E-state index in [1.807, 2.05) is 6.08 Å². The molecule has 1 nitrogen and oxygen atoms in total. The van der Waals surface area contributed by atoms with Crippen LogP contribution >= 0.6 is 23.1 Å². The summed E-state index contributed by atoms with van der Waals surface area (Å²) in [5.41, 5.74) is 1.35. The Morgan fingerprint density at radius 2 is 2.31 bits per heavy atom. The van der Waals surface area contributed by atoms with E-state index in [0.717, 1.165) is 10.1 Å². The topological polar surface area (TPSA) is 12.9 Å². The molecule has 0 aliphatic rings. The minimum Gasteiger partial charge on any atom is -0.234 e. The monoisotopic (exact) mass is 213 g/mol. The molecule has 0 atom stereocenters. The lowest BCUT2D eigenvalue weighted by Crippen LogP contribution is -2.11. The second-order valence-electron chi connectivity index (χ2n) is 3.85. The van der Waals surface area contributed by atoms with Gasteiger partial charge in [-0.1, -0.05) is 38.6 Å². The normalized spacial score (nSPS) is 11.6. The molecular formula is C10H15NS2. The van der Waals surface area contributed by atoms with Gasteiger partial charge in [-0.3, -0.25) is 0 Å². The first-order valence-electron chi connectivity index (χ1n) is 4.24. The molecule has 0 saturated carbocycles. The lowest BCUT2D eigenvalue weighted by atomic mass is 9.93. The van der Waals surface area contributed by atoms with Crippen molar-refractivity contribution in [3.05, 3.63) is 23.7 Å². The Hall–Kier alpha value is -0.280. The molecular weight excluding hydrogens is 198 g/mol. The van der Waals surface area contributed by atoms with Crippen LogP contribution in [-0.2, 0) is 5.41 Å². The first-order valence-corrected chi connectivity index (χ1v) is 6.10. The smallest absolute Gasteiger partial charge is 0.150 e. The Morgan fingerprint density at radius 1 is 1.62 bits per heavy atom. The Balaban J connectivity index is 2.69. The average Bonchev–Trinajstić information content (AvgIpc) is 2.47. The van der Waals surface area contributed by atoms with E-state index in [4.69, 9.17) is 0 Å². The number of hydrogen-bond acceptors (Lipinski definition) is 3. The zero-order chi connectivity index (χ0) is 9.90. The standard InChI is InChI=1S/C10H15NS2/c1-5-6-12-9-11-8(7-13-9)10(2,3)4/h5,7H,1,6H2,2-4H3. The lowest BCUT2D eigenvalue weighted by molar-refractivity contribution is 0.569. The highest BCUT2D eigenvalue weighted by molar-refractivity contribution is 8.01. The zero-order valence-corrected chi connectivity index (χ0v) is 9.97. The van der Waals surface area contributed by atoms with Gasteiger partial charge in [-0.25, -0.2) is 4.98 Å². The van der Waals surface area contributed by atoms with Crippen LogP contribution in [0.4, 0.5) is 0 Å². The molecule has 1 aromatic heterocycles. The van der Waals surface area contributed by atoms with Gasteiger partial charge in [0.05, 0.1) is 5.69 Å². The van der Waals surface area contributed by atoms with E-state index in [-0.39, 0.29) is 5.41 Å². The summed E-state index contributed by atoms with van der Waals surface area (Å²) in [5, 5.41) is 2.14. The highest BCUT2D eigenvalue weighted by Gasteiger charge is 2.17. The average molecular weight is 213 g/mol. The van der Waals surface area contributed by atoms with Crippen LogP contribution in [0.2, 0.25) is 0 Å². The summed E-state index contributed by atoms with van der Waals surface area (Å²) in [7, 11) is 0. The van der Waals surface area contributed by atoms with Crippen LogP contribution in [0.5, 0.6) is 0 Å². The number of hydrogen-bond donors (Lipinski definition) is 0. The predicted octanol–water partition coefficient (Wildman–Crippen LogP) is 3.72. The summed E-state index contributed by atoms with van der Waals surface area (Å²) in [5.74, 6) is 0.942. The van der Waals surface area contributed by atoms with Crippen molar-refractivity contribution >= 4 is 23.1 Å². The lowest BCUT2D eigenvalue weighted by Gasteiger charge is -2.13. The predicted molar refractivity (Wildman–Crippen MR) is 61.7 cm³/mol. The molecule has 0 fully saturated rings. The van der Waals surface area contributed by atoms with Gasteiger partial charge in [0.2, 0.25) is 0 Å².